The van der Waals surface area contributed by atoms with Gasteiger partial charge in [-0.05, 0) is 43.0 Å². The fraction of sp³-hybridized carbons (Fsp3) is 0.500. The van der Waals surface area contributed by atoms with Gasteiger partial charge in [-0.15, -0.1) is 0 Å². The highest BCUT2D eigenvalue weighted by molar-refractivity contribution is 7.89. The van der Waals surface area contributed by atoms with Crippen LogP contribution in [0.4, 0.5) is 0 Å². The van der Waals surface area contributed by atoms with Crippen LogP contribution < -0.4 is 0 Å². The lowest BCUT2D eigenvalue weighted by atomic mass is 10.1. The van der Waals surface area contributed by atoms with E-state index in [9.17, 15) is 8.42 Å². The van der Waals surface area contributed by atoms with Crippen molar-refractivity contribution in [3.63, 3.8) is 0 Å². The molecule has 1 rings (SSSR count). The van der Waals surface area contributed by atoms with Crippen LogP contribution in [-0.2, 0) is 10.0 Å². The summed E-state index contributed by atoms with van der Waals surface area (Å²) in [5.74, 6) is 5.83. The summed E-state index contributed by atoms with van der Waals surface area (Å²) < 4.78 is 26.3. The first-order valence-corrected chi connectivity index (χ1v) is 8.39. The van der Waals surface area contributed by atoms with Crippen molar-refractivity contribution in [2.24, 2.45) is 5.92 Å². The molecule has 0 fully saturated rings. The first kappa shape index (κ1) is 17.7. The van der Waals surface area contributed by atoms with E-state index in [1.165, 1.54) is 4.31 Å². The summed E-state index contributed by atoms with van der Waals surface area (Å²) in [6.45, 7) is 6.25. The predicted octanol–water partition coefficient (Wildman–Crippen LogP) is 2.01. The van der Waals surface area contributed by atoms with E-state index in [-0.39, 0.29) is 11.5 Å². The van der Waals surface area contributed by atoms with Gasteiger partial charge in [-0.25, -0.2) is 12.7 Å². The Morgan fingerprint density at radius 2 is 2.00 bits per heavy atom. The summed E-state index contributed by atoms with van der Waals surface area (Å²) in [7, 11) is -1.85. The molecule has 4 nitrogen and oxygen atoms in total. The lowest BCUT2D eigenvalue weighted by molar-refractivity contribution is 0.350. The van der Waals surface area contributed by atoms with Crippen LogP contribution in [0.15, 0.2) is 23.1 Å². The molecule has 0 bridgehead atoms. The Morgan fingerprint density at radius 3 is 2.52 bits per heavy atom. The molecule has 1 N–H and O–H groups in total. The SMILES string of the molecule is Cc1cc(S(=O)(=O)N(C)CCC(C)C)ccc1C#CCO. The number of benzene rings is 1. The maximum Gasteiger partial charge on any atom is 0.242 e. The lowest BCUT2D eigenvalue weighted by Gasteiger charge is -2.18. The summed E-state index contributed by atoms with van der Waals surface area (Å²) >= 11 is 0. The average Bonchev–Trinajstić information content (AvgIpc) is 2.43. The monoisotopic (exact) mass is 309 g/mol. The normalized spacial score (nSPS) is 11.6. The third-order valence-electron chi connectivity index (χ3n) is 3.23. The average molecular weight is 309 g/mol. The standard InChI is InChI=1S/C16H23NO3S/c1-13(2)9-10-17(4)21(19,20)16-8-7-15(6-5-11-18)14(3)12-16/h7-8,12-13,18H,9-11H2,1-4H3. The second-order valence-corrected chi connectivity index (χ2v) is 7.49. The van der Waals surface area contributed by atoms with Crippen LogP contribution in [0.5, 0.6) is 0 Å². The molecule has 116 valence electrons. The minimum Gasteiger partial charge on any atom is -0.384 e. The molecule has 0 aliphatic heterocycles. The van der Waals surface area contributed by atoms with E-state index in [0.717, 1.165) is 17.5 Å². The number of hydrogen-bond acceptors (Lipinski definition) is 3. The van der Waals surface area contributed by atoms with Crippen LogP contribution in [-0.4, -0.2) is 38.0 Å². The largest absolute Gasteiger partial charge is 0.384 e. The number of nitrogens with zero attached hydrogens (tertiary/aromatic N) is 1. The molecule has 0 aromatic heterocycles. The van der Waals surface area contributed by atoms with Gasteiger partial charge in [0.25, 0.3) is 0 Å². The third kappa shape index (κ3) is 4.85. The van der Waals surface area contributed by atoms with Crippen molar-refractivity contribution in [3.8, 4) is 11.8 Å². The van der Waals surface area contributed by atoms with Gasteiger partial charge in [0, 0.05) is 19.2 Å². The lowest BCUT2D eigenvalue weighted by Crippen LogP contribution is -2.28. The Balaban J connectivity index is 3.01. The smallest absolute Gasteiger partial charge is 0.242 e. The Hall–Kier alpha value is -1.35. The Labute approximate surface area is 127 Å². The molecular weight excluding hydrogens is 286 g/mol. The van der Waals surface area contributed by atoms with Gasteiger partial charge < -0.3 is 5.11 Å². The molecular formula is C16H23NO3S. The zero-order chi connectivity index (χ0) is 16.0. The Bertz CT molecular complexity index is 639. The molecule has 0 aliphatic rings. The highest BCUT2D eigenvalue weighted by atomic mass is 32.2. The van der Waals surface area contributed by atoms with Gasteiger partial charge in [-0.1, -0.05) is 25.7 Å². The van der Waals surface area contributed by atoms with Gasteiger partial charge in [0.05, 0.1) is 4.90 Å². The molecule has 0 spiro atoms. The van der Waals surface area contributed by atoms with Crippen LogP contribution >= 0.6 is 0 Å². The van der Waals surface area contributed by atoms with Crippen molar-refractivity contribution in [1.29, 1.82) is 0 Å². The van der Waals surface area contributed by atoms with E-state index < -0.39 is 10.0 Å². The van der Waals surface area contributed by atoms with E-state index in [0.29, 0.717) is 12.5 Å². The van der Waals surface area contributed by atoms with E-state index >= 15 is 0 Å². The second kappa shape index (κ2) is 7.60. The highest BCUT2D eigenvalue weighted by Crippen LogP contribution is 2.19. The molecule has 0 radical (unpaired) electrons. The summed E-state index contributed by atoms with van der Waals surface area (Å²) in [6.07, 6.45) is 0.828. The molecule has 1 aromatic rings. The second-order valence-electron chi connectivity index (χ2n) is 5.45. The van der Waals surface area contributed by atoms with Gasteiger partial charge in [-0.3, -0.25) is 0 Å². The van der Waals surface area contributed by atoms with Crippen molar-refractivity contribution in [1.82, 2.24) is 4.31 Å². The first-order valence-electron chi connectivity index (χ1n) is 6.95. The molecule has 5 heteroatoms. The molecule has 21 heavy (non-hydrogen) atoms. The topological polar surface area (TPSA) is 57.6 Å². The van der Waals surface area contributed by atoms with Crippen molar-refractivity contribution in [2.75, 3.05) is 20.2 Å². The minimum atomic E-state index is -3.46. The van der Waals surface area contributed by atoms with E-state index in [1.807, 2.05) is 6.92 Å². The first-order chi connectivity index (χ1) is 9.78. The zero-order valence-electron chi connectivity index (χ0n) is 13.0. The van der Waals surface area contributed by atoms with Gasteiger partial charge in [0.1, 0.15) is 6.61 Å². The van der Waals surface area contributed by atoms with Crippen LogP contribution in [0.2, 0.25) is 0 Å². The molecule has 0 aliphatic carbocycles. The van der Waals surface area contributed by atoms with Crippen LogP contribution in [0.3, 0.4) is 0 Å². The van der Waals surface area contributed by atoms with Gasteiger partial charge >= 0.3 is 0 Å². The molecule has 0 saturated heterocycles. The van der Waals surface area contributed by atoms with Crippen molar-refractivity contribution < 1.29 is 13.5 Å². The van der Waals surface area contributed by atoms with E-state index in [1.54, 1.807) is 25.2 Å². The summed E-state index contributed by atoms with van der Waals surface area (Å²) in [6, 6.07) is 4.87. The van der Waals surface area contributed by atoms with Crippen molar-refractivity contribution >= 4 is 10.0 Å². The quantitative estimate of drug-likeness (QED) is 0.847. The molecule has 0 amide bonds. The maximum atomic E-state index is 12.5. The number of aliphatic hydroxyl groups is 1. The van der Waals surface area contributed by atoms with Gasteiger partial charge in [0.2, 0.25) is 10.0 Å². The number of aliphatic hydroxyl groups excluding tert-OH is 1. The molecule has 0 saturated carbocycles. The molecule has 0 heterocycles. The summed E-state index contributed by atoms with van der Waals surface area (Å²) in [4.78, 5) is 0.279. The van der Waals surface area contributed by atoms with Crippen LogP contribution in [0, 0.1) is 24.7 Å². The number of aryl methyl sites for hydroxylation is 1. The van der Waals surface area contributed by atoms with Crippen molar-refractivity contribution in [3.05, 3.63) is 29.3 Å². The Morgan fingerprint density at radius 1 is 1.33 bits per heavy atom. The van der Waals surface area contributed by atoms with Crippen LogP contribution in [0.1, 0.15) is 31.4 Å². The summed E-state index contributed by atoms with van der Waals surface area (Å²) in [5.41, 5.74) is 1.52. The van der Waals surface area contributed by atoms with E-state index in [2.05, 4.69) is 25.7 Å². The minimum absolute atomic E-state index is 0.211. The van der Waals surface area contributed by atoms with Gasteiger partial charge in [-0.2, -0.15) is 0 Å². The van der Waals surface area contributed by atoms with Crippen molar-refractivity contribution in [2.45, 2.75) is 32.1 Å². The predicted molar refractivity (Wildman–Crippen MR) is 84.4 cm³/mol. The number of hydrogen-bond donors (Lipinski definition) is 1. The fourth-order valence-electron chi connectivity index (χ4n) is 1.81. The molecule has 0 atom stereocenters. The molecule has 0 unspecified atom stereocenters. The Kier molecular flexibility index (Phi) is 6.41. The zero-order valence-corrected chi connectivity index (χ0v) is 13.9. The summed E-state index contributed by atoms with van der Waals surface area (Å²) in [5, 5.41) is 8.70. The molecule has 1 aromatic carbocycles. The van der Waals surface area contributed by atoms with E-state index in [4.69, 9.17) is 5.11 Å². The highest BCUT2D eigenvalue weighted by Gasteiger charge is 2.21. The maximum absolute atomic E-state index is 12.5. The van der Waals surface area contributed by atoms with Gasteiger partial charge in [0.15, 0.2) is 0 Å². The fourth-order valence-corrected chi connectivity index (χ4v) is 3.08. The third-order valence-corrected chi connectivity index (χ3v) is 5.08. The number of sulfonamides is 1. The van der Waals surface area contributed by atoms with Crippen LogP contribution in [0.25, 0.3) is 0 Å². The number of rotatable bonds is 5.